The van der Waals surface area contributed by atoms with Crippen molar-refractivity contribution in [2.75, 3.05) is 5.32 Å². The fraction of sp³-hybridized carbons (Fsp3) is 0.421. The number of allylic oxidation sites excluding steroid dienone is 2. The summed E-state index contributed by atoms with van der Waals surface area (Å²) in [6, 6.07) is 12.3. The minimum atomic E-state index is -2.86. The minimum absolute atomic E-state index is 0.108. The number of halogens is 2. The van der Waals surface area contributed by atoms with Crippen LogP contribution in [0.25, 0.3) is 29.2 Å². The Hall–Kier alpha value is -4.00. The van der Waals surface area contributed by atoms with Crippen LogP contribution in [-0.4, -0.2) is 21.9 Å². The number of nitrogens with zero attached hydrogens (tertiary/aromatic N) is 2. The van der Waals surface area contributed by atoms with E-state index in [0.717, 1.165) is 46.4 Å². The number of carbonyl (C=O) groups excluding carboxylic acids is 1. The van der Waals surface area contributed by atoms with Crippen molar-refractivity contribution in [2.24, 2.45) is 11.8 Å². The number of rotatable bonds is 12. The topological polar surface area (TPSA) is 56.1 Å². The molecule has 2 aromatic carbocycles. The van der Waals surface area contributed by atoms with Gasteiger partial charge < -0.3 is 10.1 Å². The zero-order valence-corrected chi connectivity index (χ0v) is 26.3. The van der Waals surface area contributed by atoms with E-state index in [1.807, 2.05) is 35.0 Å². The summed E-state index contributed by atoms with van der Waals surface area (Å²) in [5.74, 6) is 2.16. The van der Waals surface area contributed by atoms with E-state index in [1.54, 1.807) is 24.4 Å². The first-order valence-electron chi connectivity index (χ1n) is 16.5. The van der Waals surface area contributed by atoms with Gasteiger partial charge >= 0.3 is 6.61 Å². The Morgan fingerprint density at radius 1 is 1.09 bits per heavy atom. The van der Waals surface area contributed by atoms with E-state index in [2.05, 4.69) is 34.6 Å². The number of hydrogen-bond donors (Lipinski definition) is 1. The monoisotopic (exact) mass is 613 g/mol. The van der Waals surface area contributed by atoms with Gasteiger partial charge in [0.05, 0.1) is 17.6 Å². The SMILES string of the molecule is C=Cc1cc(NC2=CCC=Cn3c(-c4ccc(OC(F)F)cc4)cnc32)ccc1C(=O)CC(C)CCC1CCCCCCCC1. The smallest absolute Gasteiger partial charge is 0.387 e. The number of Topliss-reactive ketones (excluding diaryl/α,β-unsaturated/α-hetero) is 1. The summed E-state index contributed by atoms with van der Waals surface area (Å²) >= 11 is 0. The lowest BCUT2D eigenvalue weighted by Crippen LogP contribution is -2.10. The van der Waals surface area contributed by atoms with Crippen LogP contribution in [0.4, 0.5) is 14.5 Å². The van der Waals surface area contributed by atoms with Gasteiger partial charge in [0.1, 0.15) is 5.75 Å². The number of hydrogen-bond acceptors (Lipinski definition) is 4. The molecule has 2 aliphatic rings. The summed E-state index contributed by atoms with van der Waals surface area (Å²) < 4.78 is 31.6. The van der Waals surface area contributed by atoms with Crippen LogP contribution in [0.2, 0.25) is 0 Å². The number of anilines is 1. The molecule has 0 bridgehead atoms. The second kappa shape index (κ2) is 15.8. The van der Waals surface area contributed by atoms with E-state index in [9.17, 15) is 13.6 Å². The molecule has 1 aliphatic heterocycles. The molecule has 3 aromatic rings. The molecule has 5 rings (SSSR count). The number of aromatic nitrogens is 2. The van der Waals surface area contributed by atoms with Crippen LogP contribution < -0.4 is 10.1 Å². The van der Waals surface area contributed by atoms with Crippen molar-refractivity contribution < 1.29 is 18.3 Å². The molecule has 0 radical (unpaired) electrons. The maximum Gasteiger partial charge on any atom is 0.387 e. The van der Waals surface area contributed by atoms with Gasteiger partial charge in [-0.25, -0.2) is 4.98 Å². The third kappa shape index (κ3) is 8.80. The van der Waals surface area contributed by atoms with Crippen molar-refractivity contribution in [3.05, 3.63) is 84.3 Å². The standard InChI is InChI=1S/C38H45F2N3O2/c1-3-29-25-31(19-22-33(29)36(44)24-27(2)15-16-28-12-8-6-4-5-7-9-13-28)42-34-14-10-11-23-43-35(26-41-37(34)43)30-17-20-32(21-18-30)45-38(39)40/h3,11,14,17-23,25-28,38,42H,1,4-10,12-13,15-16,24H2,2H3. The number of ether oxygens (including phenoxy) is 1. The number of benzene rings is 2. The molecule has 238 valence electrons. The van der Waals surface area contributed by atoms with E-state index >= 15 is 0 Å². The molecule has 1 N–H and O–H groups in total. The summed E-state index contributed by atoms with van der Waals surface area (Å²) in [6.45, 7) is 3.35. The van der Waals surface area contributed by atoms with Gasteiger partial charge in [-0.3, -0.25) is 9.36 Å². The highest BCUT2D eigenvalue weighted by Crippen LogP contribution is 2.31. The zero-order valence-electron chi connectivity index (χ0n) is 26.3. The minimum Gasteiger partial charge on any atom is -0.435 e. The Kier molecular flexibility index (Phi) is 11.4. The molecule has 1 unspecified atom stereocenters. The molecule has 1 aromatic heterocycles. The first-order valence-corrected chi connectivity index (χ1v) is 16.5. The summed E-state index contributed by atoms with van der Waals surface area (Å²) in [4.78, 5) is 18.1. The van der Waals surface area contributed by atoms with E-state index in [0.29, 0.717) is 24.3 Å². The van der Waals surface area contributed by atoms with Gasteiger partial charge in [0.2, 0.25) is 0 Å². The van der Waals surface area contributed by atoms with Crippen molar-refractivity contribution in [3.63, 3.8) is 0 Å². The number of nitrogens with one attached hydrogen (secondary N) is 1. The van der Waals surface area contributed by atoms with Crippen LogP contribution in [0.1, 0.15) is 106 Å². The van der Waals surface area contributed by atoms with E-state index < -0.39 is 6.61 Å². The molecule has 1 saturated carbocycles. The van der Waals surface area contributed by atoms with Crippen molar-refractivity contribution in [3.8, 4) is 17.0 Å². The predicted octanol–water partition coefficient (Wildman–Crippen LogP) is 10.9. The van der Waals surface area contributed by atoms with Crippen molar-refractivity contribution in [1.29, 1.82) is 0 Å². The Bertz CT molecular complexity index is 1500. The zero-order chi connectivity index (χ0) is 31.6. The average molecular weight is 614 g/mol. The van der Waals surface area contributed by atoms with E-state index in [-0.39, 0.29) is 11.5 Å². The van der Waals surface area contributed by atoms with Crippen LogP contribution in [-0.2, 0) is 0 Å². The second-order valence-corrected chi connectivity index (χ2v) is 12.5. The highest BCUT2D eigenvalue weighted by molar-refractivity contribution is 6.00. The van der Waals surface area contributed by atoms with E-state index in [4.69, 9.17) is 0 Å². The molecule has 2 heterocycles. The maximum absolute atomic E-state index is 13.4. The third-order valence-corrected chi connectivity index (χ3v) is 9.05. The maximum atomic E-state index is 13.4. The first-order chi connectivity index (χ1) is 21.9. The molecular weight excluding hydrogens is 568 g/mol. The quantitative estimate of drug-likeness (QED) is 0.207. The van der Waals surface area contributed by atoms with Crippen LogP contribution in [0.15, 0.2) is 67.4 Å². The van der Waals surface area contributed by atoms with Crippen LogP contribution in [0, 0.1) is 11.8 Å². The molecule has 1 atom stereocenters. The number of alkyl halides is 2. The lowest BCUT2D eigenvalue weighted by atomic mass is 9.87. The van der Waals surface area contributed by atoms with Crippen LogP contribution >= 0.6 is 0 Å². The fourth-order valence-corrected chi connectivity index (χ4v) is 6.56. The highest BCUT2D eigenvalue weighted by atomic mass is 19.3. The Labute approximate surface area is 266 Å². The Morgan fingerprint density at radius 3 is 2.53 bits per heavy atom. The highest BCUT2D eigenvalue weighted by Gasteiger charge is 2.19. The Balaban J connectivity index is 1.23. The second-order valence-electron chi connectivity index (χ2n) is 12.5. The molecule has 5 nitrogen and oxygen atoms in total. The summed E-state index contributed by atoms with van der Waals surface area (Å²) in [5, 5.41) is 3.50. The van der Waals surface area contributed by atoms with Crippen molar-refractivity contribution >= 4 is 29.4 Å². The first kappa shape index (κ1) is 32.4. The third-order valence-electron chi connectivity index (χ3n) is 9.05. The van der Waals surface area contributed by atoms with Gasteiger partial charge in [-0.15, -0.1) is 0 Å². The summed E-state index contributed by atoms with van der Waals surface area (Å²) in [7, 11) is 0. The largest absolute Gasteiger partial charge is 0.435 e. The molecule has 1 aliphatic carbocycles. The number of carbonyl (C=O) groups is 1. The van der Waals surface area contributed by atoms with Gasteiger partial charge in [0.25, 0.3) is 0 Å². The molecule has 45 heavy (non-hydrogen) atoms. The van der Waals surface area contributed by atoms with Gasteiger partial charge in [-0.2, -0.15) is 8.78 Å². The molecule has 1 fully saturated rings. The lowest BCUT2D eigenvalue weighted by Gasteiger charge is -2.19. The van der Waals surface area contributed by atoms with Gasteiger partial charge in [-0.1, -0.05) is 95.9 Å². The molecule has 0 amide bonds. The average Bonchev–Trinajstić information content (AvgIpc) is 3.41. The molecule has 0 spiro atoms. The molecule has 0 saturated heterocycles. The van der Waals surface area contributed by atoms with E-state index in [1.165, 1.54) is 69.9 Å². The summed E-state index contributed by atoms with van der Waals surface area (Å²) in [5.41, 5.74) is 4.85. The van der Waals surface area contributed by atoms with Crippen LogP contribution in [0.3, 0.4) is 0 Å². The summed E-state index contributed by atoms with van der Waals surface area (Å²) in [6.07, 6.45) is 24.1. The predicted molar refractivity (Wildman–Crippen MR) is 180 cm³/mol. The fourth-order valence-electron chi connectivity index (χ4n) is 6.56. The Morgan fingerprint density at radius 2 is 1.82 bits per heavy atom. The van der Waals surface area contributed by atoms with Gasteiger partial charge in [0, 0.05) is 29.4 Å². The van der Waals surface area contributed by atoms with Crippen molar-refractivity contribution in [2.45, 2.75) is 90.6 Å². The van der Waals surface area contributed by atoms with Crippen molar-refractivity contribution in [1.82, 2.24) is 9.55 Å². The van der Waals surface area contributed by atoms with Crippen LogP contribution in [0.5, 0.6) is 5.75 Å². The molecular formula is C38H45F2N3O2. The molecule has 7 heteroatoms. The normalized spacial score (nSPS) is 16.5. The van der Waals surface area contributed by atoms with Gasteiger partial charge in [-0.05, 0) is 66.3 Å². The number of imidazole rings is 1. The lowest BCUT2D eigenvalue weighted by molar-refractivity contribution is -0.0498. The van der Waals surface area contributed by atoms with Gasteiger partial charge in [0.15, 0.2) is 11.6 Å². The number of ketones is 1. The number of fused-ring (bicyclic) bond motifs is 1.